The number of aromatic nitrogens is 1. The summed E-state index contributed by atoms with van der Waals surface area (Å²) in [4.78, 5) is 6.54. The highest BCUT2D eigenvalue weighted by atomic mass is 127. The first-order chi connectivity index (χ1) is 13.1. The Bertz CT molecular complexity index is 968. The van der Waals surface area contributed by atoms with E-state index in [1.165, 1.54) is 11.3 Å². The van der Waals surface area contributed by atoms with Gasteiger partial charge in [0.1, 0.15) is 3.55 Å². The topological polar surface area (TPSA) is 54.2 Å². The Morgan fingerprint density at radius 2 is 1.79 bits per heavy atom. The molecule has 0 radical (unpaired) electrons. The molecule has 0 bridgehead atoms. The molecule has 2 aromatic carbocycles. The molecule has 0 fully saturated rings. The van der Waals surface area contributed by atoms with E-state index in [4.69, 9.17) is 17.3 Å². The van der Waals surface area contributed by atoms with E-state index in [9.17, 15) is 0 Å². The predicted octanol–water partition coefficient (Wildman–Crippen LogP) is 5.07. The number of nitrogens with one attached hydrogen (secondary N) is 1. The Hall–Kier alpha value is -1.41. The average molecular weight is 509 g/mol. The van der Waals surface area contributed by atoms with Gasteiger partial charge in [0.15, 0.2) is 0 Å². The van der Waals surface area contributed by atoms with Crippen molar-refractivity contribution in [2.45, 2.75) is 29.5 Å². The number of nitrogens with zero attached hydrogens (tertiary/aromatic N) is 2. The van der Waals surface area contributed by atoms with E-state index < -0.39 is 3.55 Å². The Balaban J connectivity index is 1.85. The number of halogens is 2. The van der Waals surface area contributed by atoms with E-state index in [0.717, 1.165) is 23.0 Å². The molecule has 4 nitrogen and oxygen atoms in total. The van der Waals surface area contributed by atoms with Crippen LogP contribution in [0.3, 0.4) is 0 Å². The number of hydrogen-bond acceptors (Lipinski definition) is 4. The maximum atomic E-state index is 6.90. The van der Waals surface area contributed by atoms with Crippen LogP contribution < -0.4 is 16.0 Å². The highest BCUT2D eigenvalue weighted by molar-refractivity contribution is 14.1. The van der Waals surface area contributed by atoms with Gasteiger partial charge < -0.3 is 16.0 Å². The summed E-state index contributed by atoms with van der Waals surface area (Å²) in [6.07, 6.45) is 1.80. The zero-order chi connectivity index (χ0) is 20.5. The van der Waals surface area contributed by atoms with Crippen molar-refractivity contribution in [2.24, 2.45) is 5.73 Å². The van der Waals surface area contributed by atoms with Crippen molar-refractivity contribution in [2.75, 3.05) is 19.0 Å². The van der Waals surface area contributed by atoms with Crippen LogP contribution in [0.25, 0.3) is 10.9 Å². The maximum absolute atomic E-state index is 6.90. The van der Waals surface area contributed by atoms with Gasteiger partial charge in [-0.05, 0) is 55.3 Å². The largest absolute Gasteiger partial charge is 0.378 e. The minimum Gasteiger partial charge on any atom is -0.378 e. The Morgan fingerprint density at radius 1 is 1.11 bits per heavy atom. The summed E-state index contributed by atoms with van der Waals surface area (Å²) < 4.78 is -0.649. The first-order valence-corrected chi connectivity index (χ1v) is 10.6. The molecule has 0 aliphatic carbocycles. The minimum absolute atomic E-state index is 0.373. The third-order valence-corrected chi connectivity index (χ3v) is 7.36. The smallest absolute Gasteiger partial charge is 0.112 e. The lowest BCUT2D eigenvalue weighted by Gasteiger charge is -2.41. The van der Waals surface area contributed by atoms with Crippen molar-refractivity contribution in [3.63, 3.8) is 0 Å². The molecule has 3 N–H and O–H groups in total. The van der Waals surface area contributed by atoms with Gasteiger partial charge in [-0.15, -0.1) is 0 Å². The zero-order valence-electron chi connectivity index (χ0n) is 16.6. The van der Waals surface area contributed by atoms with Gasteiger partial charge in [0.25, 0.3) is 0 Å². The normalized spacial score (nSPS) is 14.1. The maximum Gasteiger partial charge on any atom is 0.112 e. The van der Waals surface area contributed by atoms with Gasteiger partial charge in [-0.25, -0.2) is 0 Å². The molecule has 3 rings (SSSR count). The average Bonchev–Trinajstić information content (AvgIpc) is 2.65. The zero-order valence-corrected chi connectivity index (χ0v) is 19.5. The second-order valence-electron chi connectivity index (χ2n) is 7.77. The van der Waals surface area contributed by atoms with Gasteiger partial charge in [0.2, 0.25) is 0 Å². The van der Waals surface area contributed by atoms with Crippen LogP contribution in [0.2, 0.25) is 5.02 Å². The minimum atomic E-state index is -0.649. The quantitative estimate of drug-likeness (QED) is 0.277. The number of benzene rings is 2. The first kappa shape index (κ1) is 21.3. The van der Waals surface area contributed by atoms with Crippen LogP contribution in [0.4, 0.5) is 5.69 Å². The Kier molecular flexibility index (Phi) is 6.20. The summed E-state index contributed by atoms with van der Waals surface area (Å²) in [6.45, 7) is 5.00. The monoisotopic (exact) mass is 508 g/mol. The van der Waals surface area contributed by atoms with Crippen LogP contribution in [-0.2, 0) is 10.1 Å². The van der Waals surface area contributed by atoms with Crippen molar-refractivity contribution in [3.8, 4) is 0 Å². The van der Waals surface area contributed by atoms with Crippen molar-refractivity contribution in [1.82, 2.24) is 10.3 Å². The number of pyridine rings is 1. The number of anilines is 1. The van der Waals surface area contributed by atoms with Gasteiger partial charge in [0, 0.05) is 48.5 Å². The van der Waals surface area contributed by atoms with E-state index >= 15 is 0 Å². The molecule has 1 unspecified atom stereocenters. The second-order valence-corrected chi connectivity index (χ2v) is 9.91. The van der Waals surface area contributed by atoms with Crippen LogP contribution in [0.15, 0.2) is 54.7 Å². The molecule has 0 spiro atoms. The lowest BCUT2D eigenvalue weighted by molar-refractivity contribution is 0.307. The molecule has 6 heteroatoms. The molecule has 0 saturated heterocycles. The molecule has 1 atom stereocenters. The number of nitrogens with two attached hydrogens (primary N) is 1. The molecule has 28 heavy (non-hydrogen) atoms. The van der Waals surface area contributed by atoms with Gasteiger partial charge >= 0.3 is 0 Å². The predicted molar refractivity (Wildman–Crippen MR) is 128 cm³/mol. The standard InChI is InChI=1S/C22H26ClIN4/c1-21(2,27-14-15-5-8-17(9-6-15)28(3)4)22(24,25)19-11-12-26-20-13-16(23)7-10-18(19)20/h5-13,27H,14,25H2,1-4H3. The summed E-state index contributed by atoms with van der Waals surface area (Å²) in [5.41, 5.74) is 10.8. The lowest BCUT2D eigenvalue weighted by Crippen LogP contribution is -2.58. The summed E-state index contributed by atoms with van der Waals surface area (Å²) >= 11 is 8.48. The van der Waals surface area contributed by atoms with Gasteiger partial charge in [0.05, 0.1) is 5.52 Å². The summed E-state index contributed by atoms with van der Waals surface area (Å²) in [5, 5.41) is 5.34. The molecule has 1 aromatic heterocycles. The summed E-state index contributed by atoms with van der Waals surface area (Å²) in [6, 6.07) is 16.3. The fourth-order valence-corrected chi connectivity index (χ4v) is 3.97. The van der Waals surface area contributed by atoms with Crippen LogP contribution in [0, 0.1) is 0 Å². The molecule has 0 aliphatic rings. The molecule has 0 aliphatic heterocycles. The van der Waals surface area contributed by atoms with Gasteiger partial charge in [-0.2, -0.15) is 0 Å². The number of alkyl halides is 1. The number of fused-ring (bicyclic) bond motifs is 1. The van der Waals surface area contributed by atoms with Crippen molar-refractivity contribution in [1.29, 1.82) is 0 Å². The van der Waals surface area contributed by atoms with Crippen molar-refractivity contribution < 1.29 is 0 Å². The van der Waals surface area contributed by atoms with Crippen LogP contribution in [0.1, 0.15) is 25.0 Å². The third kappa shape index (κ3) is 4.27. The first-order valence-electron chi connectivity index (χ1n) is 9.15. The van der Waals surface area contributed by atoms with Crippen LogP contribution in [-0.4, -0.2) is 24.6 Å². The molecule has 0 saturated carbocycles. The van der Waals surface area contributed by atoms with E-state index in [1.807, 2.05) is 38.4 Å². The van der Waals surface area contributed by atoms with E-state index in [1.54, 1.807) is 6.20 Å². The molecule has 0 amide bonds. The number of rotatable bonds is 6. The fraction of sp³-hybridized carbons (Fsp3) is 0.318. The Morgan fingerprint density at radius 3 is 2.43 bits per heavy atom. The second kappa shape index (κ2) is 8.14. The SMILES string of the molecule is CN(C)c1ccc(CNC(C)(C)C(N)(I)c2ccnc3cc(Cl)ccc23)cc1. The van der Waals surface area contributed by atoms with E-state index in [0.29, 0.717) is 5.02 Å². The Labute approximate surface area is 185 Å². The van der Waals surface area contributed by atoms with E-state index in [2.05, 4.69) is 75.9 Å². The highest BCUT2D eigenvalue weighted by Crippen LogP contribution is 2.40. The van der Waals surface area contributed by atoms with Crippen molar-refractivity contribution in [3.05, 3.63) is 70.9 Å². The van der Waals surface area contributed by atoms with E-state index in [-0.39, 0.29) is 5.54 Å². The van der Waals surface area contributed by atoms with Crippen LogP contribution in [0.5, 0.6) is 0 Å². The number of hydrogen-bond donors (Lipinski definition) is 2. The molecular formula is C22H26ClIN4. The lowest BCUT2D eigenvalue weighted by atomic mass is 9.87. The summed E-state index contributed by atoms with van der Waals surface area (Å²) in [5.74, 6) is 0. The highest BCUT2D eigenvalue weighted by Gasteiger charge is 2.41. The molecular weight excluding hydrogens is 483 g/mol. The molecule has 3 aromatic rings. The fourth-order valence-electron chi connectivity index (χ4n) is 3.14. The van der Waals surface area contributed by atoms with Gasteiger partial charge in [-0.3, -0.25) is 4.98 Å². The van der Waals surface area contributed by atoms with Crippen molar-refractivity contribution >= 4 is 50.8 Å². The molecule has 1 heterocycles. The van der Waals surface area contributed by atoms with Crippen LogP contribution >= 0.6 is 34.2 Å². The molecule has 148 valence electrons. The van der Waals surface area contributed by atoms with Gasteiger partial charge in [-0.1, -0.05) is 52.4 Å². The summed E-state index contributed by atoms with van der Waals surface area (Å²) in [7, 11) is 4.09. The third-order valence-electron chi connectivity index (χ3n) is 5.19.